The van der Waals surface area contributed by atoms with Crippen molar-refractivity contribution in [2.24, 2.45) is 5.92 Å². The first-order valence-corrected chi connectivity index (χ1v) is 6.15. The zero-order valence-corrected chi connectivity index (χ0v) is 10.5. The second kappa shape index (κ2) is 5.74. The Balaban J connectivity index is 2.22. The van der Waals surface area contributed by atoms with Crippen molar-refractivity contribution in [1.82, 2.24) is 4.98 Å². The van der Waals surface area contributed by atoms with Crippen LogP contribution < -0.4 is 0 Å². The van der Waals surface area contributed by atoms with E-state index in [9.17, 15) is 4.79 Å². The summed E-state index contributed by atoms with van der Waals surface area (Å²) in [6.07, 6.45) is 2.98. The third kappa shape index (κ3) is 2.93. The summed E-state index contributed by atoms with van der Waals surface area (Å²) >= 11 is 0. The summed E-state index contributed by atoms with van der Waals surface area (Å²) < 4.78 is 0. The van der Waals surface area contributed by atoms with Gasteiger partial charge >= 0.3 is 0 Å². The standard InChI is InChI=1S/C15H17NO2/c1-11(18)13(6-8-17)9-12-4-5-15-14(10-12)3-2-7-16-15/h2-5,7,10,13,17H,6,8-9H2,1H3. The highest BCUT2D eigenvalue weighted by Crippen LogP contribution is 2.18. The summed E-state index contributed by atoms with van der Waals surface area (Å²) in [5, 5.41) is 10.1. The van der Waals surface area contributed by atoms with Crippen molar-refractivity contribution in [3.8, 4) is 0 Å². The fraction of sp³-hybridized carbons (Fsp3) is 0.333. The lowest BCUT2D eigenvalue weighted by molar-refractivity contribution is -0.121. The first-order valence-electron chi connectivity index (χ1n) is 6.15. The smallest absolute Gasteiger partial charge is 0.133 e. The lowest BCUT2D eigenvalue weighted by atomic mass is 9.92. The Morgan fingerprint density at radius 2 is 2.22 bits per heavy atom. The molecule has 3 nitrogen and oxygen atoms in total. The zero-order chi connectivity index (χ0) is 13.0. The molecule has 1 heterocycles. The summed E-state index contributed by atoms with van der Waals surface area (Å²) in [5.74, 6) is 0.0412. The molecule has 94 valence electrons. The number of aromatic nitrogens is 1. The number of ketones is 1. The molecular formula is C15H17NO2. The minimum Gasteiger partial charge on any atom is -0.396 e. The molecule has 2 rings (SSSR count). The fourth-order valence-electron chi connectivity index (χ4n) is 2.14. The normalized spacial score (nSPS) is 12.6. The Kier molecular flexibility index (Phi) is 4.05. The van der Waals surface area contributed by atoms with E-state index in [-0.39, 0.29) is 18.3 Å². The summed E-state index contributed by atoms with van der Waals surface area (Å²) in [7, 11) is 0. The van der Waals surface area contributed by atoms with Crippen LogP contribution in [0.3, 0.4) is 0 Å². The number of benzene rings is 1. The Morgan fingerprint density at radius 3 is 2.94 bits per heavy atom. The lowest BCUT2D eigenvalue weighted by Gasteiger charge is -2.12. The molecule has 18 heavy (non-hydrogen) atoms. The zero-order valence-electron chi connectivity index (χ0n) is 10.5. The van der Waals surface area contributed by atoms with E-state index in [1.54, 1.807) is 13.1 Å². The number of pyridine rings is 1. The minimum absolute atomic E-state index is 0.0549. The van der Waals surface area contributed by atoms with Gasteiger partial charge in [-0.1, -0.05) is 12.1 Å². The summed E-state index contributed by atoms with van der Waals surface area (Å²) in [5.41, 5.74) is 2.08. The van der Waals surface area contributed by atoms with E-state index in [1.807, 2.05) is 24.3 Å². The van der Waals surface area contributed by atoms with Crippen LogP contribution >= 0.6 is 0 Å². The number of aliphatic hydroxyl groups is 1. The van der Waals surface area contributed by atoms with Crippen molar-refractivity contribution in [3.05, 3.63) is 42.1 Å². The van der Waals surface area contributed by atoms with Crippen molar-refractivity contribution in [3.63, 3.8) is 0 Å². The number of fused-ring (bicyclic) bond motifs is 1. The van der Waals surface area contributed by atoms with E-state index in [0.29, 0.717) is 12.8 Å². The molecule has 1 atom stereocenters. The van der Waals surface area contributed by atoms with E-state index < -0.39 is 0 Å². The summed E-state index contributed by atoms with van der Waals surface area (Å²) in [4.78, 5) is 15.7. The third-order valence-corrected chi connectivity index (χ3v) is 3.20. The van der Waals surface area contributed by atoms with Crippen LogP contribution in [-0.4, -0.2) is 22.5 Å². The van der Waals surface area contributed by atoms with Crippen molar-refractivity contribution in [2.75, 3.05) is 6.61 Å². The van der Waals surface area contributed by atoms with Crippen LogP contribution in [0.15, 0.2) is 36.5 Å². The fourth-order valence-corrected chi connectivity index (χ4v) is 2.14. The van der Waals surface area contributed by atoms with Gasteiger partial charge in [-0.15, -0.1) is 0 Å². The molecule has 0 aliphatic carbocycles. The molecule has 2 aromatic rings. The Bertz CT molecular complexity index is 551. The van der Waals surface area contributed by atoms with Gasteiger partial charge < -0.3 is 5.11 Å². The third-order valence-electron chi connectivity index (χ3n) is 3.20. The van der Waals surface area contributed by atoms with Gasteiger partial charge in [0.1, 0.15) is 5.78 Å². The topological polar surface area (TPSA) is 50.2 Å². The molecule has 1 aromatic heterocycles. The molecule has 1 aromatic carbocycles. The lowest BCUT2D eigenvalue weighted by Crippen LogP contribution is -2.15. The molecule has 3 heteroatoms. The van der Waals surface area contributed by atoms with Crippen LogP contribution in [0.2, 0.25) is 0 Å². The van der Waals surface area contributed by atoms with Gasteiger partial charge in [-0.3, -0.25) is 9.78 Å². The number of nitrogens with zero attached hydrogens (tertiary/aromatic N) is 1. The number of carbonyl (C=O) groups excluding carboxylic acids is 1. The van der Waals surface area contributed by atoms with Gasteiger partial charge in [-0.05, 0) is 43.5 Å². The highest BCUT2D eigenvalue weighted by atomic mass is 16.3. The van der Waals surface area contributed by atoms with Crippen LogP contribution in [0.25, 0.3) is 10.9 Å². The number of carbonyl (C=O) groups is 1. The summed E-state index contributed by atoms with van der Waals surface area (Å²) in [6.45, 7) is 1.64. The quantitative estimate of drug-likeness (QED) is 0.877. The van der Waals surface area contributed by atoms with Crippen LogP contribution in [0.4, 0.5) is 0 Å². The molecule has 1 N–H and O–H groups in total. The molecule has 0 aliphatic rings. The van der Waals surface area contributed by atoms with E-state index in [2.05, 4.69) is 11.1 Å². The second-order valence-corrected chi connectivity index (χ2v) is 4.55. The average molecular weight is 243 g/mol. The maximum absolute atomic E-state index is 11.5. The molecule has 0 amide bonds. The van der Waals surface area contributed by atoms with Crippen LogP contribution in [0, 0.1) is 5.92 Å². The maximum atomic E-state index is 11.5. The Hall–Kier alpha value is -1.74. The van der Waals surface area contributed by atoms with Gasteiger partial charge in [-0.25, -0.2) is 0 Å². The highest BCUT2D eigenvalue weighted by Gasteiger charge is 2.14. The first kappa shape index (κ1) is 12.7. The highest BCUT2D eigenvalue weighted by molar-refractivity contribution is 5.80. The number of hydrogen-bond acceptors (Lipinski definition) is 3. The molecule has 1 unspecified atom stereocenters. The number of aliphatic hydroxyl groups excluding tert-OH is 1. The van der Waals surface area contributed by atoms with Crippen molar-refractivity contribution >= 4 is 16.7 Å². The van der Waals surface area contributed by atoms with Crippen molar-refractivity contribution in [2.45, 2.75) is 19.8 Å². The average Bonchev–Trinajstić information content (AvgIpc) is 2.38. The van der Waals surface area contributed by atoms with Gasteiger partial charge in [0.25, 0.3) is 0 Å². The Morgan fingerprint density at radius 1 is 1.39 bits per heavy atom. The number of hydrogen-bond donors (Lipinski definition) is 1. The molecule has 0 spiro atoms. The molecule has 0 saturated carbocycles. The van der Waals surface area contributed by atoms with Gasteiger partial charge in [-0.2, -0.15) is 0 Å². The predicted octanol–water partition coefficient (Wildman–Crippen LogP) is 2.36. The van der Waals surface area contributed by atoms with Gasteiger partial charge in [0.15, 0.2) is 0 Å². The van der Waals surface area contributed by atoms with E-state index >= 15 is 0 Å². The molecular weight excluding hydrogens is 226 g/mol. The van der Waals surface area contributed by atoms with Crippen molar-refractivity contribution in [1.29, 1.82) is 0 Å². The summed E-state index contributed by atoms with van der Waals surface area (Å²) in [6, 6.07) is 9.96. The predicted molar refractivity (Wildman–Crippen MR) is 71.3 cm³/mol. The molecule has 0 radical (unpaired) electrons. The SMILES string of the molecule is CC(=O)C(CCO)Cc1ccc2ncccc2c1. The van der Waals surface area contributed by atoms with E-state index in [0.717, 1.165) is 16.5 Å². The van der Waals surface area contributed by atoms with Gasteiger partial charge in [0, 0.05) is 24.1 Å². The van der Waals surface area contributed by atoms with Crippen LogP contribution in [0.1, 0.15) is 18.9 Å². The Labute approximate surface area is 106 Å². The monoisotopic (exact) mass is 243 g/mol. The van der Waals surface area contributed by atoms with Crippen molar-refractivity contribution < 1.29 is 9.90 Å². The van der Waals surface area contributed by atoms with E-state index in [4.69, 9.17) is 5.11 Å². The molecule has 0 bridgehead atoms. The van der Waals surface area contributed by atoms with E-state index in [1.165, 1.54) is 0 Å². The maximum Gasteiger partial charge on any atom is 0.133 e. The second-order valence-electron chi connectivity index (χ2n) is 4.55. The molecule has 0 fully saturated rings. The molecule has 0 saturated heterocycles. The largest absolute Gasteiger partial charge is 0.396 e. The van der Waals surface area contributed by atoms with Gasteiger partial charge in [0.05, 0.1) is 5.52 Å². The first-order chi connectivity index (χ1) is 8.70. The van der Waals surface area contributed by atoms with Crippen LogP contribution in [0.5, 0.6) is 0 Å². The number of rotatable bonds is 5. The number of Topliss-reactive ketones (excluding diaryl/α,β-unsaturated/α-hetero) is 1. The molecule has 0 aliphatic heterocycles. The minimum atomic E-state index is -0.0934. The van der Waals surface area contributed by atoms with Crippen LogP contribution in [-0.2, 0) is 11.2 Å². The van der Waals surface area contributed by atoms with Gasteiger partial charge in [0.2, 0.25) is 0 Å².